The summed E-state index contributed by atoms with van der Waals surface area (Å²) in [7, 11) is 0. The van der Waals surface area contributed by atoms with E-state index in [1.807, 2.05) is 84.2 Å². The average Bonchev–Trinajstić information content (AvgIpc) is 3.48. The van der Waals surface area contributed by atoms with E-state index in [0.717, 1.165) is 33.1 Å². The summed E-state index contributed by atoms with van der Waals surface area (Å²) < 4.78 is 0. The van der Waals surface area contributed by atoms with Gasteiger partial charge >= 0.3 is 0 Å². The first-order chi connectivity index (χ1) is 19.5. The molecule has 0 aliphatic heterocycles. The van der Waals surface area contributed by atoms with Gasteiger partial charge in [-0.3, -0.25) is 4.79 Å². The molecular formula is C32H28Cl2N4OS. The summed E-state index contributed by atoms with van der Waals surface area (Å²) in [6, 6.07) is 31.5. The van der Waals surface area contributed by atoms with Crippen LogP contribution in [0.3, 0.4) is 0 Å². The molecule has 5 rings (SSSR count). The standard InChI is InChI=1S/C32H28Cl2N4OS/c33-28-14-13-27(16-29(28)34)30-21-40-32(37-30)38(19-22-5-2-1-3-6-22)20-23-9-11-26(12-10-23)31(39)36-18-25-8-4-7-24(15-25)17-35/h1-16,21H,17-20,35H2,(H,36,39). The molecule has 5 nitrogen and oxygen atoms in total. The van der Waals surface area contributed by atoms with Gasteiger partial charge in [0.05, 0.1) is 15.7 Å². The Bertz CT molecular complexity index is 1590. The molecule has 0 saturated heterocycles. The molecule has 0 fully saturated rings. The molecule has 5 aromatic rings. The van der Waals surface area contributed by atoms with E-state index in [0.29, 0.717) is 41.8 Å². The first-order valence-corrected chi connectivity index (χ1v) is 14.5. The van der Waals surface area contributed by atoms with E-state index >= 15 is 0 Å². The number of nitrogens with two attached hydrogens (primary N) is 1. The summed E-state index contributed by atoms with van der Waals surface area (Å²) in [5.74, 6) is -0.114. The van der Waals surface area contributed by atoms with E-state index < -0.39 is 0 Å². The van der Waals surface area contributed by atoms with Crippen LogP contribution in [-0.2, 0) is 26.2 Å². The van der Waals surface area contributed by atoms with Crippen LogP contribution >= 0.6 is 34.5 Å². The smallest absolute Gasteiger partial charge is 0.251 e. The van der Waals surface area contributed by atoms with Crippen molar-refractivity contribution >= 4 is 45.6 Å². The lowest BCUT2D eigenvalue weighted by Gasteiger charge is -2.22. The minimum Gasteiger partial charge on any atom is -0.348 e. The highest BCUT2D eigenvalue weighted by atomic mass is 35.5. The summed E-state index contributed by atoms with van der Waals surface area (Å²) in [5.41, 5.74) is 12.4. The Morgan fingerprint density at radius 2 is 1.50 bits per heavy atom. The fraction of sp³-hybridized carbons (Fsp3) is 0.125. The van der Waals surface area contributed by atoms with Gasteiger partial charge in [0, 0.05) is 42.7 Å². The lowest BCUT2D eigenvalue weighted by molar-refractivity contribution is 0.0951. The number of anilines is 1. The van der Waals surface area contributed by atoms with Crippen LogP contribution in [-0.4, -0.2) is 10.9 Å². The summed E-state index contributed by atoms with van der Waals surface area (Å²) in [4.78, 5) is 19.9. The van der Waals surface area contributed by atoms with Crippen molar-refractivity contribution in [2.45, 2.75) is 26.2 Å². The molecule has 8 heteroatoms. The average molecular weight is 588 g/mol. The number of halogens is 2. The predicted octanol–water partition coefficient (Wildman–Crippen LogP) is 7.71. The number of rotatable bonds is 10. The molecule has 0 aliphatic rings. The van der Waals surface area contributed by atoms with Gasteiger partial charge in [0.2, 0.25) is 0 Å². The Labute approximate surface area is 248 Å². The number of carbonyl (C=O) groups is 1. The first kappa shape index (κ1) is 27.9. The zero-order chi connectivity index (χ0) is 27.9. The number of thiazole rings is 1. The van der Waals surface area contributed by atoms with Crippen molar-refractivity contribution in [3.05, 3.63) is 140 Å². The molecule has 4 aromatic carbocycles. The number of hydrogen-bond donors (Lipinski definition) is 2. The van der Waals surface area contributed by atoms with Crippen molar-refractivity contribution in [2.24, 2.45) is 5.73 Å². The Balaban J connectivity index is 1.30. The van der Waals surface area contributed by atoms with Gasteiger partial charge in [0.1, 0.15) is 0 Å². The molecular weight excluding hydrogens is 559 g/mol. The van der Waals surface area contributed by atoms with E-state index in [1.54, 1.807) is 17.4 Å². The van der Waals surface area contributed by atoms with E-state index in [1.165, 1.54) is 5.56 Å². The maximum atomic E-state index is 12.8. The van der Waals surface area contributed by atoms with E-state index in [9.17, 15) is 4.79 Å². The second-order valence-corrected chi connectivity index (χ2v) is 11.0. The van der Waals surface area contributed by atoms with Crippen molar-refractivity contribution in [2.75, 3.05) is 4.90 Å². The zero-order valence-electron chi connectivity index (χ0n) is 21.7. The largest absolute Gasteiger partial charge is 0.348 e. The lowest BCUT2D eigenvalue weighted by atomic mass is 10.1. The van der Waals surface area contributed by atoms with E-state index in [-0.39, 0.29) is 5.91 Å². The van der Waals surface area contributed by atoms with Crippen molar-refractivity contribution in [1.82, 2.24) is 10.3 Å². The topological polar surface area (TPSA) is 71.2 Å². The van der Waals surface area contributed by atoms with Crippen LogP contribution in [0.5, 0.6) is 0 Å². The van der Waals surface area contributed by atoms with Gasteiger partial charge in [-0.2, -0.15) is 0 Å². The molecule has 1 amide bonds. The molecule has 0 bridgehead atoms. The Kier molecular flexibility index (Phi) is 9.14. The number of aromatic nitrogens is 1. The fourth-order valence-electron chi connectivity index (χ4n) is 4.33. The van der Waals surface area contributed by atoms with Crippen LogP contribution in [0.2, 0.25) is 10.0 Å². The molecule has 0 unspecified atom stereocenters. The molecule has 3 N–H and O–H groups in total. The van der Waals surface area contributed by atoms with Crippen LogP contribution in [0.15, 0.2) is 102 Å². The first-order valence-electron chi connectivity index (χ1n) is 12.8. The minimum atomic E-state index is -0.114. The second-order valence-electron chi connectivity index (χ2n) is 9.39. The number of carbonyl (C=O) groups excluding carboxylic acids is 1. The van der Waals surface area contributed by atoms with Crippen LogP contribution in [0, 0.1) is 0 Å². The maximum Gasteiger partial charge on any atom is 0.251 e. The molecule has 0 spiro atoms. The van der Waals surface area contributed by atoms with E-state index in [4.69, 9.17) is 33.9 Å². The Hall–Kier alpha value is -3.68. The third kappa shape index (κ3) is 7.09. The number of hydrogen-bond acceptors (Lipinski definition) is 5. The van der Waals surface area contributed by atoms with Gasteiger partial charge in [0.25, 0.3) is 5.91 Å². The van der Waals surface area contributed by atoms with E-state index in [2.05, 4.69) is 22.3 Å². The van der Waals surface area contributed by atoms with Gasteiger partial charge in [-0.05, 0) is 46.5 Å². The summed E-state index contributed by atoms with van der Waals surface area (Å²) in [6.07, 6.45) is 0. The van der Waals surface area contributed by atoms with Gasteiger partial charge in [-0.1, -0.05) is 96.0 Å². The molecule has 0 atom stereocenters. The maximum absolute atomic E-state index is 12.8. The summed E-state index contributed by atoms with van der Waals surface area (Å²) >= 11 is 13.9. The number of nitrogens with zero attached hydrogens (tertiary/aromatic N) is 2. The Morgan fingerprint density at radius 1 is 0.800 bits per heavy atom. The summed E-state index contributed by atoms with van der Waals surface area (Å²) in [6.45, 7) is 2.25. The number of benzene rings is 4. The van der Waals surface area contributed by atoms with Gasteiger partial charge in [0.15, 0.2) is 5.13 Å². The number of nitrogens with one attached hydrogen (secondary N) is 1. The van der Waals surface area contributed by atoms with Gasteiger partial charge in [-0.15, -0.1) is 11.3 Å². The molecule has 1 heterocycles. The van der Waals surface area contributed by atoms with Crippen molar-refractivity contribution < 1.29 is 4.79 Å². The van der Waals surface area contributed by atoms with Crippen molar-refractivity contribution in [3.63, 3.8) is 0 Å². The van der Waals surface area contributed by atoms with Gasteiger partial charge < -0.3 is 16.0 Å². The molecule has 1 aromatic heterocycles. The zero-order valence-corrected chi connectivity index (χ0v) is 24.0. The summed E-state index contributed by atoms with van der Waals surface area (Å²) in [5, 5.41) is 6.94. The van der Waals surface area contributed by atoms with Gasteiger partial charge in [-0.25, -0.2) is 4.98 Å². The van der Waals surface area contributed by atoms with Crippen LogP contribution in [0.4, 0.5) is 5.13 Å². The molecule has 0 aliphatic carbocycles. The lowest BCUT2D eigenvalue weighted by Crippen LogP contribution is -2.23. The normalized spacial score (nSPS) is 10.9. The van der Waals surface area contributed by atoms with Crippen molar-refractivity contribution in [1.29, 1.82) is 0 Å². The number of amides is 1. The quantitative estimate of drug-likeness (QED) is 0.176. The Morgan fingerprint density at radius 3 is 2.23 bits per heavy atom. The molecule has 40 heavy (non-hydrogen) atoms. The highest BCUT2D eigenvalue weighted by Gasteiger charge is 2.15. The third-order valence-electron chi connectivity index (χ3n) is 6.46. The molecule has 0 saturated carbocycles. The van der Waals surface area contributed by atoms with Crippen LogP contribution < -0.4 is 16.0 Å². The SMILES string of the molecule is NCc1cccc(CNC(=O)c2ccc(CN(Cc3ccccc3)c3nc(-c4ccc(Cl)c(Cl)c4)cs3)cc2)c1. The molecule has 202 valence electrons. The van der Waals surface area contributed by atoms with Crippen LogP contribution in [0.1, 0.15) is 32.6 Å². The minimum absolute atomic E-state index is 0.114. The van der Waals surface area contributed by atoms with Crippen molar-refractivity contribution in [3.8, 4) is 11.3 Å². The highest BCUT2D eigenvalue weighted by molar-refractivity contribution is 7.14. The predicted molar refractivity (Wildman–Crippen MR) is 166 cm³/mol. The fourth-order valence-corrected chi connectivity index (χ4v) is 5.46. The van der Waals surface area contributed by atoms with Crippen LogP contribution in [0.25, 0.3) is 11.3 Å². The molecule has 0 radical (unpaired) electrons. The monoisotopic (exact) mass is 586 g/mol. The third-order valence-corrected chi connectivity index (χ3v) is 8.10. The highest BCUT2D eigenvalue weighted by Crippen LogP contribution is 2.33. The second kappa shape index (κ2) is 13.1.